The van der Waals surface area contributed by atoms with Gasteiger partial charge in [0.05, 0.1) is 5.52 Å². The van der Waals surface area contributed by atoms with Crippen molar-refractivity contribution in [3.8, 4) is 0 Å². The van der Waals surface area contributed by atoms with Crippen LogP contribution in [-0.4, -0.2) is 30.8 Å². The van der Waals surface area contributed by atoms with Crippen molar-refractivity contribution in [1.29, 1.82) is 0 Å². The third-order valence-electron chi connectivity index (χ3n) is 3.15. The van der Waals surface area contributed by atoms with Gasteiger partial charge in [-0.3, -0.25) is 0 Å². The number of aromatic nitrogens is 4. The predicted octanol–water partition coefficient (Wildman–Crippen LogP) is 2.52. The Morgan fingerprint density at radius 3 is 2.71 bits per heavy atom. The molecule has 1 aromatic carbocycles. The standard InChI is InChI=1S/C14H12N4O2S/c1-8-16-17-14(18(8)2)21-12-7-11(13(19)20)15-10-6-4-3-5-9(10)12/h3-7H,1-2H3,(H,19,20). The summed E-state index contributed by atoms with van der Waals surface area (Å²) >= 11 is 1.38. The van der Waals surface area contributed by atoms with Gasteiger partial charge in [0.25, 0.3) is 0 Å². The highest BCUT2D eigenvalue weighted by Crippen LogP contribution is 2.32. The Bertz CT molecular complexity index is 844. The predicted molar refractivity (Wildman–Crippen MR) is 78.6 cm³/mol. The second kappa shape index (κ2) is 5.17. The van der Waals surface area contributed by atoms with Gasteiger partial charge in [0.1, 0.15) is 11.5 Å². The van der Waals surface area contributed by atoms with Gasteiger partial charge in [-0.25, -0.2) is 9.78 Å². The van der Waals surface area contributed by atoms with Gasteiger partial charge in [0.15, 0.2) is 5.16 Å². The molecule has 6 nitrogen and oxygen atoms in total. The molecule has 0 saturated heterocycles. The number of aromatic carboxylic acids is 1. The first kappa shape index (κ1) is 13.6. The lowest BCUT2D eigenvalue weighted by Crippen LogP contribution is -2.01. The maximum atomic E-state index is 11.2. The topological polar surface area (TPSA) is 80.9 Å². The third-order valence-corrected chi connectivity index (χ3v) is 4.25. The highest BCUT2D eigenvalue weighted by atomic mass is 32.2. The molecule has 0 saturated carbocycles. The van der Waals surface area contributed by atoms with Gasteiger partial charge in [-0.1, -0.05) is 18.2 Å². The summed E-state index contributed by atoms with van der Waals surface area (Å²) in [5.74, 6) is -0.244. The summed E-state index contributed by atoms with van der Waals surface area (Å²) in [5, 5.41) is 18.9. The van der Waals surface area contributed by atoms with E-state index in [0.29, 0.717) is 10.7 Å². The Hall–Kier alpha value is -2.41. The van der Waals surface area contributed by atoms with Crippen LogP contribution in [0.2, 0.25) is 0 Å². The summed E-state index contributed by atoms with van der Waals surface area (Å²) in [4.78, 5) is 16.2. The smallest absolute Gasteiger partial charge is 0.354 e. The number of benzene rings is 1. The fourth-order valence-electron chi connectivity index (χ4n) is 1.91. The first-order chi connectivity index (χ1) is 10.1. The van der Waals surface area contributed by atoms with Gasteiger partial charge >= 0.3 is 5.97 Å². The second-order valence-corrected chi connectivity index (χ2v) is 5.53. The molecule has 0 aliphatic carbocycles. The van der Waals surface area contributed by atoms with Crippen LogP contribution in [0.4, 0.5) is 0 Å². The first-order valence-electron chi connectivity index (χ1n) is 6.23. The Kier molecular flexibility index (Phi) is 3.34. The van der Waals surface area contributed by atoms with Crippen molar-refractivity contribution >= 4 is 28.6 Å². The van der Waals surface area contributed by atoms with Crippen LogP contribution < -0.4 is 0 Å². The number of hydrogen-bond donors (Lipinski definition) is 1. The third kappa shape index (κ3) is 2.47. The van der Waals surface area contributed by atoms with Gasteiger partial charge in [0, 0.05) is 17.3 Å². The number of carbonyl (C=O) groups is 1. The van der Waals surface area contributed by atoms with E-state index in [1.54, 1.807) is 12.1 Å². The Morgan fingerprint density at radius 1 is 1.29 bits per heavy atom. The zero-order valence-electron chi connectivity index (χ0n) is 11.4. The van der Waals surface area contributed by atoms with Crippen molar-refractivity contribution < 1.29 is 9.90 Å². The molecule has 0 bridgehead atoms. The normalized spacial score (nSPS) is 11.0. The van der Waals surface area contributed by atoms with E-state index in [9.17, 15) is 9.90 Å². The molecule has 0 spiro atoms. The van der Waals surface area contributed by atoms with Crippen molar-refractivity contribution in [3.63, 3.8) is 0 Å². The number of fused-ring (bicyclic) bond motifs is 1. The molecule has 2 heterocycles. The monoisotopic (exact) mass is 300 g/mol. The van der Waals surface area contributed by atoms with Crippen LogP contribution >= 0.6 is 11.8 Å². The van der Waals surface area contributed by atoms with Crippen molar-refractivity contribution in [2.75, 3.05) is 0 Å². The molecular formula is C14H12N4O2S. The van der Waals surface area contributed by atoms with Crippen LogP contribution in [0.5, 0.6) is 0 Å². The van der Waals surface area contributed by atoms with Crippen LogP contribution in [0.15, 0.2) is 40.4 Å². The van der Waals surface area contributed by atoms with Gasteiger partial charge < -0.3 is 9.67 Å². The van der Waals surface area contributed by atoms with E-state index in [1.807, 2.05) is 36.7 Å². The molecule has 3 aromatic rings. The summed E-state index contributed by atoms with van der Waals surface area (Å²) in [6, 6.07) is 9.02. The second-order valence-electron chi connectivity index (χ2n) is 4.52. The van der Waals surface area contributed by atoms with E-state index in [0.717, 1.165) is 16.1 Å². The lowest BCUT2D eigenvalue weighted by Gasteiger charge is -2.07. The Labute approximate surface area is 124 Å². The molecule has 0 aliphatic heterocycles. The number of pyridine rings is 1. The minimum atomic E-state index is -1.04. The highest BCUT2D eigenvalue weighted by Gasteiger charge is 2.14. The van der Waals surface area contributed by atoms with E-state index in [2.05, 4.69) is 15.2 Å². The summed E-state index contributed by atoms with van der Waals surface area (Å²) < 4.78 is 1.86. The number of carboxylic acid groups (broad SMARTS) is 1. The van der Waals surface area contributed by atoms with Crippen molar-refractivity contribution in [2.24, 2.45) is 7.05 Å². The average Bonchev–Trinajstić information content (AvgIpc) is 2.79. The van der Waals surface area contributed by atoms with E-state index in [-0.39, 0.29) is 5.69 Å². The summed E-state index contributed by atoms with van der Waals surface area (Å²) in [6.45, 7) is 1.87. The molecular weight excluding hydrogens is 288 g/mol. The molecule has 7 heteroatoms. The SMILES string of the molecule is Cc1nnc(Sc2cc(C(=O)O)nc3ccccc23)n1C. The van der Waals surface area contributed by atoms with Gasteiger partial charge in [-0.2, -0.15) is 0 Å². The van der Waals surface area contributed by atoms with E-state index >= 15 is 0 Å². The number of hydrogen-bond acceptors (Lipinski definition) is 5. The largest absolute Gasteiger partial charge is 0.477 e. The van der Waals surface area contributed by atoms with Crippen molar-refractivity contribution in [2.45, 2.75) is 17.0 Å². The molecule has 0 aliphatic rings. The van der Waals surface area contributed by atoms with E-state index in [4.69, 9.17) is 0 Å². The van der Waals surface area contributed by atoms with Crippen LogP contribution in [-0.2, 0) is 7.05 Å². The van der Waals surface area contributed by atoms with Gasteiger partial charge in [-0.05, 0) is 30.8 Å². The molecule has 0 amide bonds. The van der Waals surface area contributed by atoms with E-state index in [1.165, 1.54) is 11.8 Å². The number of carboxylic acids is 1. The quantitative estimate of drug-likeness (QED) is 0.800. The summed E-state index contributed by atoms with van der Waals surface area (Å²) in [5.41, 5.74) is 0.675. The van der Waals surface area contributed by atoms with Crippen LogP contribution in [0, 0.1) is 6.92 Å². The molecule has 0 fully saturated rings. The average molecular weight is 300 g/mol. The van der Waals surface area contributed by atoms with Gasteiger partial charge in [-0.15, -0.1) is 10.2 Å². The van der Waals surface area contributed by atoms with Crippen LogP contribution in [0.3, 0.4) is 0 Å². The highest BCUT2D eigenvalue weighted by molar-refractivity contribution is 7.99. The summed E-state index contributed by atoms with van der Waals surface area (Å²) in [6.07, 6.45) is 0. The van der Waals surface area contributed by atoms with E-state index < -0.39 is 5.97 Å². The number of para-hydroxylation sites is 1. The maximum Gasteiger partial charge on any atom is 0.354 e. The number of rotatable bonds is 3. The zero-order valence-corrected chi connectivity index (χ0v) is 12.3. The van der Waals surface area contributed by atoms with Crippen LogP contribution in [0.1, 0.15) is 16.3 Å². The minimum absolute atomic E-state index is 0.0232. The molecule has 0 radical (unpaired) electrons. The molecule has 2 aromatic heterocycles. The van der Waals surface area contributed by atoms with Crippen LogP contribution in [0.25, 0.3) is 10.9 Å². The van der Waals surface area contributed by atoms with Gasteiger partial charge in [0.2, 0.25) is 0 Å². The fourth-order valence-corrected chi connectivity index (χ4v) is 2.91. The molecule has 106 valence electrons. The Balaban J connectivity index is 2.16. The summed E-state index contributed by atoms with van der Waals surface area (Å²) in [7, 11) is 1.87. The molecule has 3 rings (SSSR count). The lowest BCUT2D eigenvalue weighted by atomic mass is 10.2. The lowest BCUT2D eigenvalue weighted by molar-refractivity contribution is 0.0690. The molecule has 1 N–H and O–H groups in total. The minimum Gasteiger partial charge on any atom is -0.477 e. The zero-order chi connectivity index (χ0) is 15.0. The molecule has 21 heavy (non-hydrogen) atoms. The molecule has 0 unspecified atom stereocenters. The number of aryl methyl sites for hydroxylation is 1. The fraction of sp³-hybridized carbons (Fsp3) is 0.143. The van der Waals surface area contributed by atoms with Crippen molar-refractivity contribution in [3.05, 3.63) is 41.9 Å². The first-order valence-corrected chi connectivity index (χ1v) is 7.05. The Morgan fingerprint density at radius 2 is 2.05 bits per heavy atom. The maximum absolute atomic E-state index is 11.2. The molecule has 0 atom stereocenters. The number of nitrogens with zero attached hydrogens (tertiary/aromatic N) is 4. The van der Waals surface area contributed by atoms with Crippen molar-refractivity contribution in [1.82, 2.24) is 19.7 Å².